The Labute approximate surface area is 114 Å². The molecule has 0 aliphatic carbocycles. The van der Waals surface area contributed by atoms with E-state index < -0.39 is 0 Å². The van der Waals surface area contributed by atoms with Crippen LogP contribution in [0.5, 0.6) is 0 Å². The summed E-state index contributed by atoms with van der Waals surface area (Å²) >= 11 is 0. The molecule has 0 unspecified atom stereocenters. The molecule has 1 saturated heterocycles. The molecule has 2 rings (SSSR count). The maximum Gasteiger partial charge on any atom is 0.338 e. The number of anilines is 1. The highest BCUT2D eigenvalue weighted by Crippen LogP contribution is 2.26. The molecular formula is C15H21NO3. The number of methoxy groups -OCH3 is 1. The predicted octanol–water partition coefficient (Wildman–Crippen LogP) is 2.18. The van der Waals surface area contributed by atoms with Gasteiger partial charge in [0.05, 0.1) is 25.9 Å². The van der Waals surface area contributed by atoms with Crippen molar-refractivity contribution in [1.82, 2.24) is 0 Å². The Hall–Kier alpha value is -1.55. The van der Waals surface area contributed by atoms with Crippen LogP contribution >= 0.6 is 0 Å². The Balaban J connectivity index is 2.40. The number of carbonyl (C=O) groups is 1. The van der Waals surface area contributed by atoms with Crippen LogP contribution in [0, 0.1) is 6.92 Å². The van der Waals surface area contributed by atoms with Gasteiger partial charge in [0.15, 0.2) is 0 Å². The fraction of sp³-hybridized carbons (Fsp3) is 0.533. The lowest BCUT2D eigenvalue weighted by atomic mass is 10.00. The molecule has 104 valence electrons. The molecule has 19 heavy (non-hydrogen) atoms. The molecule has 1 aliphatic heterocycles. The minimum absolute atomic E-state index is 0.258. The highest BCUT2D eigenvalue weighted by atomic mass is 16.5. The molecule has 1 aromatic rings. The summed E-state index contributed by atoms with van der Waals surface area (Å²) in [6, 6.07) is 4.06. The van der Waals surface area contributed by atoms with Crippen LogP contribution < -0.4 is 4.90 Å². The summed E-state index contributed by atoms with van der Waals surface area (Å²) in [4.78, 5) is 14.1. The van der Waals surface area contributed by atoms with Gasteiger partial charge in [-0.1, -0.05) is 13.0 Å². The summed E-state index contributed by atoms with van der Waals surface area (Å²) in [5.41, 5.74) is 4.03. The number of benzene rings is 1. The summed E-state index contributed by atoms with van der Waals surface area (Å²) in [7, 11) is 1.43. The third-order valence-electron chi connectivity index (χ3n) is 3.56. The molecule has 4 heteroatoms. The normalized spacial score (nSPS) is 15.4. The van der Waals surface area contributed by atoms with Gasteiger partial charge in [-0.25, -0.2) is 4.79 Å². The molecule has 1 aliphatic rings. The molecule has 0 bridgehead atoms. The SMILES string of the molecule is CCc1cc(C)c(N2CCOCC2)cc1C(=O)OC. The number of nitrogens with zero attached hydrogens (tertiary/aromatic N) is 1. The molecule has 1 heterocycles. The first-order valence-electron chi connectivity index (χ1n) is 6.72. The van der Waals surface area contributed by atoms with Crippen LogP contribution in [0.2, 0.25) is 0 Å². The molecule has 0 saturated carbocycles. The van der Waals surface area contributed by atoms with Crippen molar-refractivity contribution >= 4 is 11.7 Å². The Morgan fingerprint density at radius 3 is 2.63 bits per heavy atom. The van der Waals surface area contributed by atoms with Crippen molar-refractivity contribution in [2.24, 2.45) is 0 Å². The number of carbonyl (C=O) groups excluding carboxylic acids is 1. The highest BCUT2D eigenvalue weighted by molar-refractivity contribution is 5.92. The van der Waals surface area contributed by atoms with E-state index in [1.807, 2.05) is 6.07 Å². The first kappa shape index (κ1) is 13.9. The van der Waals surface area contributed by atoms with Crippen LogP contribution in [0.15, 0.2) is 12.1 Å². The van der Waals surface area contributed by atoms with Crippen molar-refractivity contribution in [3.05, 3.63) is 28.8 Å². The van der Waals surface area contributed by atoms with Gasteiger partial charge in [-0.3, -0.25) is 0 Å². The molecule has 0 amide bonds. The number of aryl methyl sites for hydroxylation is 2. The molecule has 1 fully saturated rings. The minimum Gasteiger partial charge on any atom is -0.465 e. The number of ether oxygens (including phenoxy) is 2. The van der Waals surface area contributed by atoms with Gasteiger partial charge in [-0.2, -0.15) is 0 Å². The lowest BCUT2D eigenvalue weighted by Gasteiger charge is -2.30. The van der Waals surface area contributed by atoms with Crippen LogP contribution in [-0.4, -0.2) is 39.4 Å². The average Bonchev–Trinajstić information content (AvgIpc) is 2.47. The predicted molar refractivity (Wildman–Crippen MR) is 74.9 cm³/mol. The Kier molecular flexibility index (Phi) is 4.43. The maximum absolute atomic E-state index is 11.9. The number of hydrogen-bond donors (Lipinski definition) is 0. The Bertz CT molecular complexity index is 465. The van der Waals surface area contributed by atoms with Crippen molar-refractivity contribution < 1.29 is 14.3 Å². The van der Waals surface area contributed by atoms with Gasteiger partial charge >= 0.3 is 5.97 Å². The van der Waals surface area contributed by atoms with Crippen LogP contribution in [0.1, 0.15) is 28.4 Å². The lowest BCUT2D eigenvalue weighted by Crippen LogP contribution is -2.36. The largest absolute Gasteiger partial charge is 0.465 e. The Morgan fingerprint density at radius 2 is 2.05 bits per heavy atom. The number of esters is 1. The van der Waals surface area contributed by atoms with Crippen molar-refractivity contribution in [3.8, 4) is 0 Å². The fourth-order valence-corrected chi connectivity index (χ4v) is 2.49. The van der Waals surface area contributed by atoms with Crippen LogP contribution in [0.4, 0.5) is 5.69 Å². The van der Waals surface area contributed by atoms with Crippen LogP contribution in [-0.2, 0) is 15.9 Å². The van der Waals surface area contributed by atoms with E-state index in [2.05, 4.69) is 24.8 Å². The zero-order valence-electron chi connectivity index (χ0n) is 11.9. The summed E-state index contributed by atoms with van der Waals surface area (Å²) < 4.78 is 10.3. The third kappa shape index (κ3) is 2.89. The Morgan fingerprint density at radius 1 is 1.37 bits per heavy atom. The van der Waals surface area contributed by atoms with E-state index in [0.29, 0.717) is 5.56 Å². The quantitative estimate of drug-likeness (QED) is 0.784. The standard InChI is InChI=1S/C15H21NO3/c1-4-12-9-11(2)14(10-13(12)15(17)18-3)16-5-7-19-8-6-16/h9-10H,4-8H2,1-3H3. The van der Waals surface area contributed by atoms with E-state index in [9.17, 15) is 4.79 Å². The molecule has 1 aromatic carbocycles. The summed E-state index contributed by atoms with van der Waals surface area (Å²) in [5.74, 6) is -0.258. The molecule has 0 aromatic heterocycles. The summed E-state index contributed by atoms with van der Waals surface area (Å²) in [6.07, 6.45) is 0.828. The van der Waals surface area contributed by atoms with E-state index in [4.69, 9.17) is 9.47 Å². The van der Waals surface area contributed by atoms with Gasteiger partial charge in [-0.05, 0) is 30.5 Å². The van der Waals surface area contributed by atoms with Gasteiger partial charge < -0.3 is 14.4 Å². The van der Waals surface area contributed by atoms with E-state index in [1.165, 1.54) is 12.7 Å². The van der Waals surface area contributed by atoms with Gasteiger partial charge in [0.25, 0.3) is 0 Å². The summed E-state index contributed by atoms with van der Waals surface area (Å²) in [5, 5.41) is 0. The smallest absolute Gasteiger partial charge is 0.338 e. The first-order chi connectivity index (χ1) is 9.17. The highest BCUT2D eigenvalue weighted by Gasteiger charge is 2.18. The van der Waals surface area contributed by atoms with Crippen molar-refractivity contribution in [3.63, 3.8) is 0 Å². The fourth-order valence-electron chi connectivity index (χ4n) is 2.49. The number of hydrogen-bond acceptors (Lipinski definition) is 4. The monoisotopic (exact) mass is 263 g/mol. The average molecular weight is 263 g/mol. The molecule has 0 spiro atoms. The second kappa shape index (κ2) is 6.06. The van der Waals surface area contributed by atoms with E-state index in [-0.39, 0.29) is 5.97 Å². The number of morpholine rings is 1. The van der Waals surface area contributed by atoms with Crippen LogP contribution in [0.25, 0.3) is 0 Å². The molecule has 0 N–H and O–H groups in total. The maximum atomic E-state index is 11.9. The van der Waals surface area contributed by atoms with Crippen molar-refractivity contribution in [1.29, 1.82) is 0 Å². The third-order valence-corrected chi connectivity index (χ3v) is 3.56. The molecule has 0 atom stereocenters. The van der Waals surface area contributed by atoms with E-state index in [1.54, 1.807) is 0 Å². The zero-order chi connectivity index (χ0) is 13.8. The molecule has 4 nitrogen and oxygen atoms in total. The van der Waals surface area contributed by atoms with Crippen LogP contribution in [0.3, 0.4) is 0 Å². The van der Waals surface area contributed by atoms with Gasteiger partial charge in [0, 0.05) is 18.8 Å². The van der Waals surface area contributed by atoms with E-state index >= 15 is 0 Å². The van der Waals surface area contributed by atoms with Gasteiger partial charge in [0.2, 0.25) is 0 Å². The molecule has 0 radical (unpaired) electrons. The lowest BCUT2D eigenvalue weighted by molar-refractivity contribution is 0.0599. The van der Waals surface area contributed by atoms with Gasteiger partial charge in [-0.15, -0.1) is 0 Å². The van der Waals surface area contributed by atoms with Gasteiger partial charge in [0.1, 0.15) is 0 Å². The minimum atomic E-state index is -0.258. The zero-order valence-corrected chi connectivity index (χ0v) is 11.9. The van der Waals surface area contributed by atoms with E-state index in [0.717, 1.165) is 44.0 Å². The molecular weight excluding hydrogens is 242 g/mol. The topological polar surface area (TPSA) is 38.8 Å². The summed E-state index contributed by atoms with van der Waals surface area (Å²) in [6.45, 7) is 7.35. The van der Waals surface area contributed by atoms with Crippen molar-refractivity contribution in [2.75, 3.05) is 38.3 Å². The van der Waals surface area contributed by atoms with Crippen molar-refractivity contribution in [2.45, 2.75) is 20.3 Å². The second-order valence-corrected chi connectivity index (χ2v) is 4.74. The second-order valence-electron chi connectivity index (χ2n) is 4.74. The number of rotatable bonds is 3. The first-order valence-corrected chi connectivity index (χ1v) is 6.72.